The van der Waals surface area contributed by atoms with E-state index in [9.17, 15) is 9.59 Å². The van der Waals surface area contributed by atoms with Gasteiger partial charge >= 0.3 is 0 Å². The molecule has 0 aliphatic carbocycles. The minimum Gasteiger partial charge on any atom is -0.278 e. The van der Waals surface area contributed by atoms with E-state index < -0.39 is 0 Å². The van der Waals surface area contributed by atoms with Crippen LogP contribution >= 0.6 is 15.9 Å². The van der Waals surface area contributed by atoms with E-state index in [0.717, 1.165) is 10.0 Å². The maximum atomic E-state index is 12.3. The van der Waals surface area contributed by atoms with Gasteiger partial charge in [-0.15, -0.1) is 0 Å². The third-order valence-electron chi connectivity index (χ3n) is 3.06. The normalized spacial score (nSPS) is 19.8. The summed E-state index contributed by atoms with van der Waals surface area (Å²) in [5, 5.41) is 0. The van der Waals surface area contributed by atoms with E-state index in [4.69, 9.17) is 0 Å². The second-order valence-electron chi connectivity index (χ2n) is 4.53. The molecule has 0 radical (unpaired) electrons. The van der Waals surface area contributed by atoms with Gasteiger partial charge in [0.1, 0.15) is 0 Å². The SMILES string of the molecule is Cc1c(Br)cccc1C(=O)N1CC(C)CC1=O. The number of nitrogens with zero attached hydrogens (tertiary/aromatic N) is 1. The predicted octanol–water partition coefficient (Wildman–Crippen LogP) is 2.77. The number of halogens is 1. The standard InChI is InChI=1S/C13H14BrNO2/c1-8-6-12(16)15(7-8)13(17)10-4-3-5-11(14)9(10)2/h3-5,8H,6-7H2,1-2H3. The molecule has 1 unspecified atom stereocenters. The molecule has 1 aliphatic rings. The van der Waals surface area contributed by atoms with Crippen LogP contribution < -0.4 is 0 Å². The van der Waals surface area contributed by atoms with E-state index in [1.165, 1.54) is 4.90 Å². The number of hydrogen-bond acceptors (Lipinski definition) is 2. The van der Waals surface area contributed by atoms with Crippen LogP contribution in [0.5, 0.6) is 0 Å². The van der Waals surface area contributed by atoms with E-state index in [0.29, 0.717) is 18.5 Å². The van der Waals surface area contributed by atoms with Crippen molar-refractivity contribution in [2.75, 3.05) is 6.54 Å². The average molecular weight is 296 g/mol. The maximum Gasteiger partial charge on any atom is 0.260 e. The highest BCUT2D eigenvalue weighted by Gasteiger charge is 2.32. The van der Waals surface area contributed by atoms with Crippen molar-refractivity contribution in [1.29, 1.82) is 0 Å². The third-order valence-corrected chi connectivity index (χ3v) is 3.92. The Kier molecular flexibility index (Phi) is 3.33. The topological polar surface area (TPSA) is 37.4 Å². The lowest BCUT2D eigenvalue weighted by atomic mass is 10.1. The van der Waals surface area contributed by atoms with Gasteiger partial charge in [0, 0.05) is 23.0 Å². The zero-order valence-electron chi connectivity index (χ0n) is 9.87. The zero-order chi connectivity index (χ0) is 12.6. The second kappa shape index (κ2) is 4.61. The molecule has 0 N–H and O–H groups in total. The molecule has 0 bridgehead atoms. The summed E-state index contributed by atoms with van der Waals surface area (Å²) >= 11 is 3.39. The summed E-state index contributed by atoms with van der Waals surface area (Å²) in [7, 11) is 0. The molecular formula is C13H14BrNO2. The molecule has 1 saturated heterocycles. The lowest BCUT2D eigenvalue weighted by Gasteiger charge is -2.16. The minimum absolute atomic E-state index is 0.0677. The average Bonchev–Trinajstić information content (AvgIpc) is 2.61. The van der Waals surface area contributed by atoms with Gasteiger partial charge in [-0.3, -0.25) is 14.5 Å². The summed E-state index contributed by atoms with van der Waals surface area (Å²) in [6.45, 7) is 4.39. The molecule has 17 heavy (non-hydrogen) atoms. The Bertz CT molecular complexity index is 484. The molecule has 2 amide bonds. The Morgan fingerprint density at radius 3 is 2.76 bits per heavy atom. The molecule has 1 aliphatic heterocycles. The Hall–Kier alpha value is -1.16. The monoisotopic (exact) mass is 295 g/mol. The number of carbonyl (C=O) groups excluding carboxylic acids is 2. The van der Waals surface area contributed by atoms with Gasteiger partial charge in [-0.1, -0.05) is 28.9 Å². The molecule has 0 saturated carbocycles. The first-order chi connectivity index (χ1) is 8.00. The number of carbonyl (C=O) groups is 2. The Balaban J connectivity index is 2.32. The fourth-order valence-corrected chi connectivity index (χ4v) is 2.43. The lowest BCUT2D eigenvalue weighted by molar-refractivity contribution is -0.125. The van der Waals surface area contributed by atoms with Crippen LogP contribution in [0.2, 0.25) is 0 Å². The summed E-state index contributed by atoms with van der Waals surface area (Å²) in [5.41, 5.74) is 1.48. The van der Waals surface area contributed by atoms with E-state index in [2.05, 4.69) is 15.9 Å². The van der Waals surface area contributed by atoms with Crippen LogP contribution in [0.25, 0.3) is 0 Å². The summed E-state index contributed by atoms with van der Waals surface area (Å²) in [6.07, 6.45) is 0.471. The van der Waals surface area contributed by atoms with Crippen molar-refractivity contribution < 1.29 is 9.59 Å². The highest BCUT2D eigenvalue weighted by molar-refractivity contribution is 9.10. The molecule has 1 atom stereocenters. The van der Waals surface area contributed by atoms with Crippen molar-refractivity contribution in [3.05, 3.63) is 33.8 Å². The van der Waals surface area contributed by atoms with Crippen LogP contribution in [0.15, 0.2) is 22.7 Å². The maximum absolute atomic E-state index is 12.3. The molecule has 0 spiro atoms. The van der Waals surface area contributed by atoms with Gasteiger partial charge in [-0.2, -0.15) is 0 Å². The molecular weight excluding hydrogens is 282 g/mol. The number of rotatable bonds is 1. The first-order valence-corrected chi connectivity index (χ1v) is 6.40. The molecule has 2 rings (SSSR count). The lowest BCUT2D eigenvalue weighted by Crippen LogP contribution is -2.32. The molecule has 1 aromatic rings. The highest BCUT2D eigenvalue weighted by atomic mass is 79.9. The van der Waals surface area contributed by atoms with E-state index in [1.54, 1.807) is 6.07 Å². The van der Waals surface area contributed by atoms with Crippen molar-refractivity contribution >= 4 is 27.7 Å². The van der Waals surface area contributed by atoms with Crippen molar-refractivity contribution in [2.45, 2.75) is 20.3 Å². The molecule has 3 nitrogen and oxygen atoms in total. The number of benzene rings is 1. The third kappa shape index (κ3) is 2.27. The molecule has 90 valence electrons. The first kappa shape index (κ1) is 12.3. The van der Waals surface area contributed by atoms with E-state index in [-0.39, 0.29) is 17.7 Å². The Morgan fingerprint density at radius 1 is 1.47 bits per heavy atom. The van der Waals surface area contributed by atoms with Crippen molar-refractivity contribution in [3.63, 3.8) is 0 Å². The van der Waals surface area contributed by atoms with Crippen LogP contribution in [0.4, 0.5) is 0 Å². The Labute approximate surface area is 109 Å². The van der Waals surface area contributed by atoms with Crippen molar-refractivity contribution in [2.24, 2.45) is 5.92 Å². The van der Waals surface area contributed by atoms with Gasteiger partial charge < -0.3 is 0 Å². The van der Waals surface area contributed by atoms with Gasteiger partial charge in [0.2, 0.25) is 5.91 Å². The smallest absolute Gasteiger partial charge is 0.260 e. The van der Waals surface area contributed by atoms with Crippen molar-refractivity contribution in [1.82, 2.24) is 4.90 Å². The van der Waals surface area contributed by atoms with Crippen LogP contribution in [0.1, 0.15) is 29.3 Å². The molecule has 1 aromatic carbocycles. The minimum atomic E-state index is -0.182. The van der Waals surface area contributed by atoms with E-state index in [1.807, 2.05) is 26.0 Å². The van der Waals surface area contributed by atoms with Gasteiger partial charge in [0.15, 0.2) is 0 Å². The van der Waals surface area contributed by atoms with Gasteiger partial charge in [-0.05, 0) is 30.5 Å². The molecule has 1 fully saturated rings. The second-order valence-corrected chi connectivity index (χ2v) is 5.39. The first-order valence-electron chi connectivity index (χ1n) is 5.60. The highest BCUT2D eigenvalue weighted by Crippen LogP contribution is 2.24. The quantitative estimate of drug-likeness (QED) is 0.747. The summed E-state index contributed by atoms with van der Waals surface area (Å²) in [4.78, 5) is 25.3. The number of imide groups is 1. The number of amides is 2. The van der Waals surface area contributed by atoms with Crippen LogP contribution in [-0.2, 0) is 4.79 Å². The van der Waals surface area contributed by atoms with Gasteiger partial charge in [-0.25, -0.2) is 0 Å². The zero-order valence-corrected chi connectivity index (χ0v) is 11.5. The largest absolute Gasteiger partial charge is 0.278 e. The molecule has 1 heterocycles. The fraction of sp³-hybridized carbons (Fsp3) is 0.385. The predicted molar refractivity (Wildman–Crippen MR) is 68.7 cm³/mol. The molecule has 4 heteroatoms. The van der Waals surface area contributed by atoms with Gasteiger partial charge in [0.05, 0.1) is 0 Å². The van der Waals surface area contributed by atoms with Crippen molar-refractivity contribution in [3.8, 4) is 0 Å². The molecule has 0 aromatic heterocycles. The number of hydrogen-bond donors (Lipinski definition) is 0. The Morgan fingerprint density at radius 2 is 2.18 bits per heavy atom. The summed E-state index contributed by atoms with van der Waals surface area (Å²) in [6, 6.07) is 5.47. The van der Waals surface area contributed by atoms with Crippen LogP contribution in [-0.4, -0.2) is 23.3 Å². The fourth-order valence-electron chi connectivity index (χ4n) is 2.07. The summed E-state index contributed by atoms with van der Waals surface area (Å²) in [5.74, 6) is 0.0129. The van der Waals surface area contributed by atoms with E-state index >= 15 is 0 Å². The van der Waals surface area contributed by atoms with Gasteiger partial charge in [0.25, 0.3) is 5.91 Å². The van der Waals surface area contributed by atoms with Crippen LogP contribution in [0.3, 0.4) is 0 Å². The number of likely N-dealkylation sites (tertiary alicyclic amines) is 1. The van der Waals surface area contributed by atoms with Crippen LogP contribution in [0, 0.1) is 12.8 Å². The summed E-state index contributed by atoms with van der Waals surface area (Å²) < 4.78 is 0.892.